The SMILES string of the molecule is Cc1nn(CCCNC(=O)c2cc(-c3c(C)nn(C)c3C)nc3ccccc23)cc1Br. The van der Waals surface area contributed by atoms with Crippen LogP contribution in [0.1, 0.15) is 33.9 Å². The second kappa shape index (κ2) is 8.63. The summed E-state index contributed by atoms with van der Waals surface area (Å²) in [5.74, 6) is -0.100. The van der Waals surface area contributed by atoms with Crippen LogP contribution in [0.3, 0.4) is 0 Å². The van der Waals surface area contributed by atoms with Gasteiger partial charge >= 0.3 is 0 Å². The number of para-hydroxylation sites is 1. The van der Waals surface area contributed by atoms with Gasteiger partial charge in [0, 0.05) is 43.0 Å². The number of hydrogen-bond acceptors (Lipinski definition) is 4. The smallest absolute Gasteiger partial charge is 0.252 e. The van der Waals surface area contributed by atoms with Crippen molar-refractivity contribution in [2.75, 3.05) is 6.54 Å². The Balaban J connectivity index is 1.57. The van der Waals surface area contributed by atoms with E-state index in [1.807, 2.05) is 73.7 Å². The quantitative estimate of drug-likeness (QED) is 0.416. The first-order valence-electron chi connectivity index (χ1n) is 10.2. The summed E-state index contributed by atoms with van der Waals surface area (Å²) >= 11 is 3.47. The lowest BCUT2D eigenvalue weighted by Gasteiger charge is -2.11. The number of rotatable bonds is 6. The van der Waals surface area contributed by atoms with Crippen LogP contribution in [0.2, 0.25) is 0 Å². The van der Waals surface area contributed by atoms with Crippen molar-refractivity contribution in [1.29, 1.82) is 0 Å². The van der Waals surface area contributed by atoms with Gasteiger partial charge in [-0.15, -0.1) is 0 Å². The molecule has 0 unspecified atom stereocenters. The van der Waals surface area contributed by atoms with E-state index in [0.717, 1.165) is 56.7 Å². The number of pyridine rings is 1. The molecule has 4 aromatic rings. The standard InChI is InChI=1S/C23H25BrN6O/c1-14-19(24)13-30(28-14)11-7-10-25-23(31)18-12-21(22-15(2)27-29(4)16(22)3)26-20-9-6-5-8-17(18)20/h5-6,8-9,12-13H,7,10-11H2,1-4H3,(H,25,31). The minimum Gasteiger partial charge on any atom is -0.352 e. The van der Waals surface area contributed by atoms with Crippen LogP contribution in [-0.4, -0.2) is 37.0 Å². The molecule has 0 aliphatic heterocycles. The van der Waals surface area contributed by atoms with Crippen molar-refractivity contribution in [1.82, 2.24) is 29.9 Å². The van der Waals surface area contributed by atoms with Gasteiger partial charge in [-0.3, -0.25) is 14.2 Å². The van der Waals surface area contributed by atoms with Crippen LogP contribution in [0, 0.1) is 20.8 Å². The number of benzene rings is 1. The molecule has 0 spiro atoms. The molecule has 0 atom stereocenters. The molecule has 0 aliphatic rings. The van der Waals surface area contributed by atoms with Crippen molar-refractivity contribution in [3.63, 3.8) is 0 Å². The number of carbonyl (C=O) groups excluding carboxylic acids is 1. The van der Waals surface area contributed by atoms with E-state index in [9.17, 15) is 4.79 Å². The molecule has 31 heavy (non-hydrogen) atoms. The summed E-state index contributed by atoms with van der Waals surface area (Å²) in [6.45, 7) is 7.24. The van der Waals surface area contributed by atoms with Crippen LogP contribution < -0.4 is 5.32 Å². The molecule has 0 saturated carbocycles. The Morgan fingerprint density at radius 1 is 1.13 bits per heavy atom. The van der Waals surface area contributed by atoms with Crippen molar-refractivity contribution in [3.8, 4) is 11.3 Å². The van der Waals surface area contributed by atoms with E-state index < -0.39 is 0 Å². The second-order valence-corrected chi connectivity index (χ2v) is 8.53. The van der Waals surface area contributed by atoms with E-state index in [4.69, 9.17) is 4.98 Å². The number of fused-ring (bicyclic) bond motifs is 1. The number of aryl methyl sites for hydroxylation is 4. The molecule has 0 aliphatic carbocycles. The summed E-state index contributed by atoms with van der Waals surface area (Å²) in [5.41, 5.74) is 6.04. The molecule has 1 aromatic carbocycles. The predicted octanol–water partition coefficient (Wildman–Crippen LogP) is 4.34. The van der Waals surface area contributed by atoms with Crippen LogP contribution in [0.4, 0.5) is 0 Å². The van der Waals surface area contributed by atoms with E-state index >= 15 is 0 Å². The second-order valence-electron chi connectivity index (χ2n) is 7.68. The summed E-state index contributed by atoms with van der Waals surface area (Å²) in [6, 6.07) is 9.62. The molecular weight excluding hydrogens is 456 g/mol. The first-order chi connectivity index (χ1) is 14.8. The highest BCUT2D eigenvalue weighted by atomic mass is 79.9. The van der Waals surface area contributed by atoms with Gasteiger partial charge in [0.25, 0.3) is 5.91 Å². The molecule has 1 amide bonds. The van der Waals surface area contributed by atoms with Crippen LogP contribution in [-0.2, 0) is 13.6 Å². The molecule has 0 saturated heterocycles. The van der Waals surface area contributed by atoms with E-state index in [1.54, 1.807) is 0 Å². The van der Waals surface area contributed by atoms with Gasteiger partial charge in [0.1, 0.15) is 0 Å². The average molecular weight is 481 g/mol. The Hall–Kier alpha value is -3.00. The molecule has 8 heteroatoms. The summed E-state index contributed by atoms with van der Waals surface area (Å²) in [7, 11) is 1.92. The lowest BCUT2D eigenvalue weighted by atomic mass is 10.0. The number of halogens is 1. The summed E-state index contributed by atoms with van der Waals surface area (Å²) in [4.78, 5) is 17.9. The largest absolute Gasteiger partial charge is 0.352 e. The maximum atomic E-state index is 13.1. The Bertz CT molecular complexity index is 1250. The van der Waals surface area contributed by atoms with Gasteiger partial charge in [-0.25, -0.2) is 4.98 Å². The zero-order valence-electron chi connectivity index (χ0n) is 18.1. The zero-order valence-corrected chi connectivity index (χ0v) is 19.7. The number of nitrogens with one attached hydrogen (secondary N) is 1. The average Bonchev–Trinajstić information content (AvgIpc) is 3.20. The third kappa shape index (κ3) is 4.25. The Morgan fingerprint density at radius 2 is 1.90 bits per heavy atom. The molecule has 3 aromatic heterocycles. The van der Waals surface area contributed by atoms with Crippen LogP contribution in [0.5, 0.6) is 0 Å². The predicted molar refractivity (Wildman–Crippen MR) is 125 cm³/mol. The highest BCUT2D eigenvalue weighted by molar-refractivity contribution is 9.10. The molecule has 4 rings (SSSR count). The lowest BCUT2D eigenvalue weighted by molar-refractivity contribution is 0.0954. The molecule has 3 heterocycles. The number of amides is 1. The molecular formula is C23H25BrN6O. The molecule has 0 bridgehead atoms. The van der Waals surface area contributed by atoms with Crippen molar-refractivity contribution in [2.45, 2.75) is 33.7 Å². The van der Waals surface area contributed by atoms with Gasteiger partial charge in [0.15, 0.2) is 0 Å². The van der Waals surface area contributed by atoms with Crippen LogP contribution in [0.25, 0.3) is 22.2 Å². The van der Waals surface area contributed by atoms with Crippen molar-refractivity contribution in [3.05, 3.63) is 63.6 Å². The van der Waals surface area contributed by atoms with Crippen molar-refractivity contribution in [2.24, 2.45) is 7.05 Å². The number of nitrogens with zero attached hydrogens (tertiary/aromatic N) is 5. The minimum atomic E-state index is -0.100. The molecule has 7 nitrogen and oxygen atoms in total. The molecule has 160 valence electrons. The monoisotopic (exact) mass is 480 g/mol. The Morgan fingerprint density at radius 3 is 2.58 bits per heavy atom. The fourth-order valence-corrected chi connectivity index (χ4v) is 4.10. The summed E-state index contributed by atoms with van der Waals surface area (Å²) in [5, 5.41) is 12.8. The molecule has 0 fully saturated rings. The summed E-state index contributed by atoms with van der Waals surface area (Å²) < 4.78 is 4.73. The van der Waals surface area contributed by atoms with Gasteiger partial charge < -0.3 is 5.32 Å². The maximum Gasteiger partial charge on any atom is 0.252 e. The van der Waals surface area contributed by atoms with E-state index in [0.29, 0.717) is 12.1 Å². The third-order valence-electron chi connectivity index (χ3n) is 5.46. The lowest BCUT2D eigenvalue weighted by Crippen LogP contribution is -2.25. The van der Waals surface area contributed by atoms with E-state index in [1.165, 1.54) is 0 Å². The number of hydrogen-bond donors (Lipinski definition) is 1. The van der Waals surface area contributed by atoms with Gasteiger partial charge in [-0.05, 0) is 55.3 Å². The number of carbonyl (C=O) groups is 1. The van der Waals surface area contributed by atoms with Crippen molar-refractivity contribution < 1.29 is 4.79 Å². The maximum absolute atomic E-state index is 13.1. The topological polar surface area (TPSA) is 77.6 Å². The van der Waals surface area contributed by atoms with E-state index in [2.05, 4.69) is 31.4 Å². The van der Waals surface area contributed by atoms with Gasteiger partial charge in [0.2, 0.25) is 0 Å². The first kappa shape index (κ1) is 21.2. The first-order valence-corrected chi connectivity index (χ1v) is 11.0. The fraction of sp³-hybridized carbons (Fsp3) is 0.304. The van der Waals surface area contributed by atoms with Gasteiger partial charge in [0.05, 0.1) is 32.6 Å². The minimum absolute atomic E-state index is 0.100. The zero-order chi connectivity index (χ0) is 22.1. The number of aromatic nitrogens is 5. The highest BCUT2D eigenvalue weighted by Gasteiger charge is 2.18. The normalized spacial score (nSPS) is 11.3. The molecule has 0 radical (unpaired) electrons. The van der Waals surface area contributed by atoms with E-state index in [-0.39, 0.29) is 5.91 Å². The van der Waals surface area contributed by atoms with Crippen LogP contribution >= 0.6 is 15.9 Å². The van der Waals surface area contributed by atoms with Gasteiger partial charge in [-0.1, -0.05) is 18.2 Å². The van der Waals surface area contributed by atoms with Crippen LogP contribution in [0.15, 0.2) is 41.0 Å². The van der Waals surface area contributed by atoms with Gasteiger partial charge in [-0.2, -0.15) is 10.2 Å². The van der Waals surface area contributed by atoms with Crippen molar-refractivity contribution >= 4 is 32.7 Å². The highest BCUT2D eigenvalue weighted by Crippen LogP contribution is 2.29. The fourth-order valence-electron chi connectivity index (χ4n) is 3.78. The summed E-state index contributed by atoms with van der Waals surface area (Å²) in [6.07, 6.45) is 2.74. The third-order valence-corrected chi connectivity index (χ3v) is 6.24. The molecule has 1 N–H and O–H groups in total. The Labute approximate surface area is 189 Å². The Kier molecular flexibility index (Phi) is 5.91.